The molecular weight excluding hydrogens is 632 g/mol. The molecule has 3 amide bonds. The number of ether oxygens (including phenoxy) is 2. The summed E-state index contributed by atoms with van der Waals surface area (Å²) in [4.78, 5) is 71.6. The Morgan fingerprint density at radius 1 is 1.04 bits per heavy atom. The smallest absolute Gasteiger partial charge is 0.408 e. The molecule has 14 nitrogen and oxygen atoms in total. The standard InChI is InChI=1S/C35H42N6O8/c1-7-35(47)24-15-26-27-22(16-41(26)31(44)23(24)17-48-32(35)45)28(40-12-8-9-13-40)21-14-20(10-11-25(21)39-27)38-30(43)18(2)36-29(42)19(3)37-33(46)49-34(4,5)6/h10-11,14-15,18-19,47H,7-9,12-13,16-17H2,1-6H3,(H,36,42)(H,37,46)(H,38,43)/t18-,19-,35-/m0/s1. The zero-order valence-corrected chi connectivity index (χ0v) is 28.6. The average Bonchev–Trinajstić information content (AvgIpc) is 3.69. The third-order valence-corrected chi connectivity index (χ3v) is 9.23. The number of nitrogens with zero attached hydrogens (tertiary/aromatic N) is 3. The summed E-state index contributed by atoms with van der Waals surface area (Å²) in [7, 11) is 0. The van der Waals surface area contributed by atoms with Gasteiger partial charge in [0.25, 0.3) is 5.56 Å². The summed E-state index contributed by atoms with van der Waals surface area (Å²) < 4.78 is 12.0. The lowest BCUT2D eigenvalue weighted by molar-refractivity contribution is -0.172. The number of anilines is 2. The highest BCUT2D eigenvalue weighted by atomic mass is 16.6. The van der Waals surface area contributed by atoms with Gasteiger partial charge < -0.3 is 40.0 Å². The van der Waals surface area contributed by atoms with Crippen LogP contribution in [0.25, 0.3) is 22.3 Å². The van der Waals surface area contributed by atoms with Gasteiger partial charge in [-0.05, 0) is 78.1 Å². The van der Waals surface area contributed by atoms with Crippen LogP contribution in [0.3, 0.4) is 0 Å². The van der Waals surface area contributed by atoms with Gasteiger partial charge in [0.1, 0.15) is 24.3 Å². The first kappa shape index (κ1) is 33.9. The minimum Gasteiger partial charge on any atom is -0.458 e. The number of alkyl carbamates (subject to hydrolysis) is 1. The summed E-state index contributed by atoms with van der Waals surface area (Å²) in [6, 6.07) is 5.19. The minimum atomic E-state index is -1.92. The van der Waals surface area contributed by atoms with E-state index in [1.165, 1.54) is 6.92 Å². The first-order valence-corrected chi connectivity index (χ1v) is 16.6. The molecule has 0 bridgehead atoms. The van der Waals surface area contributed by atoms with Crippen molar-refractivity contribution >= 4 is 46.2 Å². The predicted octanol–water partition coefficient (Wildman–Crippen LogP) is 3.04. The molecule has 14 heteroatoms. The van der Waals surface area contributed by atoms with Crippen molar-refractivity contribution in [1.82, 2.24) is 20.2 Å². The summed E-state index contributed by atoms with van der Waals surface area (Å²) in [5, 5.41) is 20.0. The van der Waals surface area contributed by atoms with Gasteiger partial charge in [-0.2, -0.15) is 0 Å². The van der Waals surface area contributed by atoms with Crippen LogP contribution in [-0.2, 0) is 42.6 Å². The predicted molar refractivity (Wildman–Crippen MR) is 181 cm³/mol. The summed E-state index contributed by atoms with van der Waals surface area (Å²) in [5.74, 6) is -1.78. The highest BCUT2D eigenvalue weighted by molar-refractivity contribution is 6.03. The summed E-state index contributed by atoms with van der Waals surface area (Å²) >= 11 is 0. The Morgan fingerprint density at radius 3 is 2.41 bits per heavy atom. The Hall–Kier alpha value is -4.98. The van der Waals surface area contributed by atoms with E-state index < -0.39 is 47.2 Å². The molecule has 3 aliphatic heterocycles. The Bertz CT molecular complexity index is 1940. The van der Waals surface area contributed by atoms with E-state index in [4.69, 9.17) is 14.5 Å². The van der Waals surface area contributed by atoms with Gasteiger partial charge in [-0.25, -0.2) is 14.6 Å². The van der Waals surface area contributed by atoms with Gasteiger partial charge in [0.15, 0.2) is 5.60 Å². The van der Waals surface area contributed by atoms with Crippen LogP contribution >= 0.6 is 0 Å². The van der Waals surface area contributed by atoms with E-state index in [1.807, 2.05) is 6.07 Å². The van der Waals surface area contributed by atoms with Crippen LogP contribution in [0.4, 0.5) is 16.2 Å². The van der Waals surface area contributed by atoms with E-state index in [0.29, 0.717) is 22.6 Å². The molecule has 0 aliphatic carbocycles. The molecule has 1 fully saturated rings. The van der Waals surface area contributed by atoms with Crippen molar-refractivity contribution < 1.29 is 33.8 Å². The number of aromatic nitrogens is 2. The Kier molecular flexibility index (Phi) is 8.63. The Morgan fingerprint density at radius 2 is 1.73 bits per heavy atom. The van der Waals surface area contributed by atoms with E-state index in [9.17, 15) is 29.1 Å². The molecule has 0 radical (unpaired) electrons. The molecule has 1 aromatic carbocycles. The number of hydrogen-bond acceptors (Lipinski definition) is 10. The monoisotopic (exact) mass is 674 g/mol. The zero-order chi connectivity index (χ0) is 35.4. The lowest BCUT2D eigenvalue weighted by Crippen LogP contribution is -2.51. The van der Waals surface area contributed by atoms with E-state index in [-0.39, 0.29) is 36.3 Å². The summed E-state index contributed by atoms with van der Waals surface area (Å²) in [5.41, 5.74) is 1.57. The fourth-order valence-corrected chi connectivity index (χ4v) is 6.64. The number of hydrogen-bond donors (Lipinski definition) is 4. The molecule has 0 unspecified atom stereocenters. The van der Waals surface area contributed by atoms with Gasteiger partial charge in [0, 0.05) is 35.3 Å². The van der Waals surface area contributed by atoms with Crippen LogP contribution in [0.15, 0.2) is 29.1 Å². The van der Waals surface area contributed by atoms with Crippen molar-refractivity contribution in [3.05, 3.63) is 51.3 Å². The first-order chi connectivity index (χ1) is 23.1. The number of esters is 1. The Labute approximate surface area is 283 Å². The van der Waals surface area contributed by atoms with Gasteiger partial charge in [0.05, 0.1) is 34.7 Å². The molecule has 260 valence electrons. The molecule has 0 spiro atoms. The highest BCUT2D eigenvalue weighted by Crippen LogP contribution is 2.44. The second kappa shape index (κ2) is 12.5. The van der Waals surface area contributed by atoms with Crippen LogP contribution in [0, 0.1) is 0 Å². The normalized spacial score (nSPS) is 19.3. The average molecular weight is 675 g/mol. The second-order valence-electron chi connectivity index (χ2n) is 13.9. The number of aliphatic hydroxyl groups is 1. The number of pyridine rings is 2. The quantitative estimate of drug-likeness (QED) is 0.213. The maximum Gasteiger partial charge on any atom is 0.408 e. The van der Waals surface area contributed by atoms with Gasteiger partial charge in [0.2, 0.25) is 11.8 Å². The molecule has 3 aromatic rings. The largest absolute Gasteiger partial charge is 0.458 e. The lowest BCUT2D eigenvalue weighted by atomic mass is 9.86. The highest BCUT2D eigenvalue weighted by Gasteiger charge is 2.45. The van der Waals surface area contributed by atoms with Crippen molar-refractivity contribution in [2.24, 2.45) is 0 Å². The fourth-order valence-electron chi connectivity index (χ4n) is 6.64. The van der Waals surface area contributed by atoms with Crippen LogP contribution in [-0.4, -0.2) is 69.3 Å². The molecule has 2 aromatic heterocycles. The van der Waals surface area contributed by atoms with Crippen molar-refractivity contribution in [1.29, 1.82) is 0 Å². The van der Waals surface area contributed by atoms with Crippen LogP contribution < -0.4 is 26.4 Å². The number of benzene rings is 1. The topological polar surface area (TPSA) is 181 Å². The maximum absolute atomic E-state index is 13.8. The fraction of sp³-hybridized carbons (Fsp3) is 0.486. The van der Waals surface area contributed by atoms with E-state index in [2.05, 4.69) is 20.9 Å². The van der Waals surface area contributed by atoms with Crippen LogP contribution in [0.2, 0.25) is 0 Å². The first-order valence-electron chi connectivity index (χ1n) is 16.6. The molecule has 6 rings (SSSR count). The van der Waals surface area contributed by atoms with Gasteiger partial charge in [-0.1, -0.05) is 6.92 Å². The van der Waals surface area contributed by atoms with Crippen LogP contribution in [0.5, 0.6) is 0 Å². The molecule has 1 saturated heterocycles. The van der Waals surface area contributed by atoms with E-state index in [0.717, 1.165) is 42.6 Å². The van der Waals surface area contributed by atoms with Crippen molar-refractivity contribution in [2.45, 2.75) is 97.2 Å². The molecular formula is C35H42N6O8. The van der Waals surface area contributed by atoms with Crippen molar-refractivity contribution in [3.8, 4) is 11.4 Å². The Balaban J connectivity index is 1.29. The van der Waals surface area contributed by atoms with E-state index >= 15 is 0 Å². The van der Waals surface area contributed by atoms with Crippen molar-refractivity contribution in [3.63, 3.8) is 0 Å². The number of amides is 3. The number of carbonyl (C=O) groups excluding carboxylic acids is 4. The number of nitrogens with one attached hydrogen (secondary N) is 3. The minimum absolute atomic E-state index is 0.0531. The molecule has 5 heterocycles. The lowest BCUT2D eigenvalue weighted by Gasteiger charge is -2.31. The molecule has 3 atom stereocenters. The zero-order valence-electron chi connectivity index (χ0n) is 28.6. The molecule has 49 heavy (non-hydrogen) atoms. The van der Waals surface area contributed by atoms with E-state index in [1.54, 1.807) is 57.4 Å². The second-order valence-corrected chi connectivity index (χ2v) is 13.9. The van der Waals surface area contributed by atoms with Crippen molar-refractivity contribution in [2.75, 3.05) is 23.3 Å². The van der Waals surface area contributed by atoms with Gasteiger partial charge >= 0.3 is 12.1 Å². The molecule has 4 N–H and O–H groups in total. The summed E-state index contributed by atoms with van der Waals surface area (Å²) in [6.45, 7) is 11.5. The maximum atomic E-state index is 13.8. The van der Waals surface area contributed by atoms with Crippen LogP contribution in [0.1, 0.15) is 77.5 Å². The van der Waals surface area contributed by atoms with Gasteiger partial charge in [-0.3, -0.25) is 14.4 Å². The number of rotatable bonds is 7. The SMILES string of the molecule is CC[C@@]1(O)C(=O)OCc2c1cc1n(c2=O)Cc2c-1nc1ccc(NC(=O)[C@H](C)NC(=O)[C@H](C)NC(=O)OC(C)(C)C)cc1c2N1CCCC1. The third kappa shape index (κ3) is 6.20. The molecule has 0 saturated carbocycles. The van der Waals surface area contributed by atoms with Gasteiger partial charge in [-0.15, -0.1) is 0 Å². The summed E-state index contributed by atoms with van der Waals surface area (Å²) in [6.07, 6.45) is 1.31. The number of carbonyl (C=O) groups is 4. The number of cyclic esters (lactones) is 1. The third-order valence-electron chi connectivity index (χ3n) is 9.23. The number of fused-ring (bicyclic) bond motifs is 5. The molecule has 3 aliphatic rings.